The van der Waals surface area contributed by atoms with Gasteiger partial charge >= 0.3 is 0 Å². The zero-order valence-electron chi connectivity index (χ0n) is 10.4. The SMILES string of the molecule is COn1c2c(c3c4nonc4c(Br)cc31)CCCC2. The molecule has 5 nitrogen and oxygen atoms in total. The molecule has 0 saturated heterocycles. The van der Waals surface area contributed by atoms with Crippen LogP contribution in [0.3, 0.4) is 0 Å². The lowest BCUT2D eigenvalue weighted by molar-refractivity contribution is 0.169. The third-order valence-electron chi connectivity index (χ3n) is 3.86. The van der Waals surface area contributed by atoms with Crippen LogP contribution in [0.15, 0.2) is 15.2 Å². The molecule has 0 bridgehead atoms. The van der Waals surface area contributed by atoms with Gasteiger partial charge in [-0.05, 0) is 63.6 Å². The highest BCUT2D eigenvalue weighted by molar-refractivity contribution is 9.10. The molecule has 0 saturated carbocycles. The van der Waals surface area contributed by atoms with Crippen LogP contribution in [0.5, 0.6) is 0 Å². The van der Waals surface area contributed by atoms with E-state index in [9.17, 15) is 0 Å². The number of rotatable bonds is 1. The van der Waals surface area contributed by atoms with Crippen molar-refractivity contribution in [3.8, 4) is 0 Å². The van der Waals surface area contributed by atoms with E-state index in [0.29, 0.717) is 0 Å². The first kappa shape index (κ1) is 11.3. The second-order valence-electron chi connectivity index (χ2n) is 4.82. The van der Waals surface area contributed by atoms with Gasteiger partial charge in [0.1, 0.15) is 18.1 Å². The highest BCUT2D eigenvalue weighted by Gasteiger charge is 2.25. The van der Waals surface area contributed by atoms with E-state index < -0.39 is 0 Å². The van der Waals surface area contributed by atoms with Gasteiger partial charge in [0.25, 0.3) is 0 Å². The standard InChI is InChI=1S/C13H12BrN3O2/c1-18-17-9-5-3-2-4-7(9)11-10(17)6-8(14)12-13(11)16-19-15-12/h6H,2-5H2,1H3. The van der Waals surface area contributed by atoms with Gasteiger partial charge in [-0.2, -0.15) is 4.73 Å². The van der Waals surface area contributed by atoms with Gasteiger partial charge in [0.15, 0.2) is 0 Å². The van der Waals surface area contributed by atoms with Crippen molar-refractivity contribution in [2.24, 2.45) is 0 Å². The number of halogens is 1. The second kappa shape index (κ2) is 3.96. The van der Waals surface area contributed by atoms with Gasteiger partial charge in [-0.25, -0.2) is 4.63 Å². The highest BCUT2D eigenvalue weighted by atomic mass is 79.9. The second-order valence-corrected chi connectivity index (χ2v) is 5.68. The molecule has 4 rings (SSSR count). The first-order valence-corrected chi connectivity index (χ1v) is 7.12. The molecule has 0 N–H and O–H groups in total. The quantitative estimate of drug-likeness (QED) is 0.691. The monoisotopic (exact) mass is 321 g/mol. The van der Waals surface area contributed by atoms with Crippen LogP contribution in [0.1, 0.15) is 24.1 Å². The van der Waals surface area contributed by atoms with E-state index in [1.54, 1.807) is 7.11 Å². The normalized spacial score (nSPS) is 15.1. The van der Waals surface area contributed by atoms with Crippen LogP contribution in [0.4, 0.5) is 0 Å². The summed E-state index contributed by atoms with van der Waals surface area (Å²) >= 11 is 3.52. The van der Waals surface area contributed by atoms with Gasteiger partial charge in [0, 0.05) is 5.39 Å². The summed E-state index contributed by atoms with van der Waals surface area (Å²) in [5.74, 6) is 0. The lowest BCUT2D eigenvalue weighted by atomic mass is 9.95. The molecule has 0 amide bonds. The molecule has 0 aliphatic heterocycles. The lowest BCUT2D eigenvalue weighted by Gasteiger charge is -2.14. The molecule has 1 aliphatic carbocycles. The minimum Gasteiger partial charge on any atom is -0.417 e. The van der Waals surface area contributed by atoms with Gasteiger partial charge < -0.3 is 4.84 Å². The van der Waals surface area contributed by atoms with Crippen molar-refractivity contribution in [1.82, 2.24) is 15.0 Å². The number of hydrogen-bond acceptors (Lipinski definition) is 4. The third kappa shape index (κ3) is 1.40. The molecule has 98 valence electrons. The Labute approximate surface area is 117 Å². The van der Waals surface area contributed by atoms with Crippen LogP contribution in [-0.2, 0) is 12.8 Å². The molecule has 0 spiro atoms. The summed E-state index contributed by atoms with van der Waals surface area (Å²) in [4.78, 5) is 5.56. The van der Waals surface area contributed by atoms with Crippen molar-refractivity contribution in [2.45, 2.75) is 25.7 Å². The van der Waals surface area contributed by atoms with Gasteiger partial charge in [-0.3, -0.25) is 0 Å². The van der Waals surface area contributed by atoms with E-state index in [1.807, 2.05) is 10.8 Å². The number of aryl methyl sites for hydroxylation is 1. The summed E-state index contributed by atoms with van der Waals surface area (Å²) < 4.78 is 7.71. The zero-order valence-corrected chi connectivity index (χ0v) is 12.0. The van der Waals surface area contributed by atoms with Gasteiger partial charge in [-0.1, -0.05) is 0 Å². The number of nitrogens with zero attached hydrogens (tertiary/aromatic N) is 3. The summed E-state index contributed by atoms with van der Waals surface area (Å²) in [6.07, 6.45) is 4.51. The van der Waals surface area contributed by atoms with Crippen molar-refractivity contribution in [2.75, 3.05) is 7.11 Å². The number of fused-ring (bicyclic) bond motifs is 5. The average molecular weight is 322 g/mol. The Morgan fingerprint density at radius 2 is 2.05 bits per heavy atom. The average Bonchev–Trinajstić information content (AvgIpc) is 3.00. The molecule has 1 aliphatic rings. The Kier molecular flexibility index (Phi) is 2.35. The van der Waals surface area contributed by atoms with Crippen LogP contribution in [0, 0.1) is 0 Å². The molecule has 0 radical (unpaired) electrons. The van der Waals surface area contributed by atoms with E-state index >= 15 is 0 Å². The minimum absolute atomic E-state index is 0.772. The molecule has 0 atom stereocenters. The van der Waals surface area contributed by atoms with Crippen molar-refractivity contribution in [1.29, 1.82) is 0 Å². The first-order chi connectivity index (χ1) is 9.31. The number of aromatic nitrogens is 3. The van der Waals surface area contributed by atoms with Gasteiger partial charge in [0.05, 0.1) is 15.7 Å². The largest absolute Gasteiger partial charge is 0.417 e. The van der Waals surface area contributed by atoms with E-state index in [-0.39, 0.29) is 0 Å². The van der Waals surface area contributed by atoms with Crippen LogP contribution in [0.2, 0.25) is 0 Å². The Balaban J connectivity index is 2.24. The molecule has 6 heteroatoms. The maximum absolute atomic E-state index is 5.56. The summed E-state index contributed by atoms with van der Waals surface area (Å²) in [5.41, 5.74) is 5.21. The summed E-state index contributed by atoms with van der Waals surface area (Å²) in [7, 11) is 1.70. The topological polar surface area (TPSA) is 53.1 Å². The molecule has 19 heavy (non-hydrogen) atoms. The van der Waals surface area contributed by atoms with Crippen molar-refractivity contribution >= 4 is 37.9 Å². The molecule has 2 aromatic heterocycles. The minimum atomic E-state index is 0.772. The predicted octanol–water partition coefficient (Wildman–Crippen LogP) is 2.88. The first-order valence-electron chi connectivity index (χ1n) is 6.32. The van der Waals surface area contributed by atoms with Crippen LogP contribution in [0.25, 0.3) is 21.9 Å². The Hall–Kier alpha value is -1.56. The van der Waals surface area contributed by atoms with Crippen molar-refractivity contribution in [3.63, 3.8) is 0 Å². The van der Waals surface area contributed by atoms with Crippen LogP contribution < -0.4 is 4.84 Å². The molecule has 1 aromatic carbocycles. The van der Waals surface area contributed by atoms with E-state index in [1.165, 1.54) is 24.1 Å². The molecular weight excluding hydrogens is 310 g/mol. The van der Waals surface area contributed by atoms with Crippen LogP contribution >= 0.6 is 15.9 Å². The molecule has 0 unspecified atom stereocenters. The summed E-state index contributed by atoms with van der Waals surface area (Å²) in [6, 6.07) is 2.03. The number of hydrogen-bond donors (Lipinski definition) is 0. The van der Waals surface area contributed by atoms with Crippen LogP contribution in [-0.4, -0.2) is 22.2 Å². The summed E-state index contributed by atoms with van der Waals surface area (Å²) in [5, 5.41) is 9.17. The lowest BCUT2D eigenvalue weighted by Crippen LogP contribution is -2.12. The smallest absolute Gasteiger partial charge is 0.150 e. The summed E-state index contributed by atoms with van der Waals surface area (Å²) in [6.45, 7) is 0. The van der Waals surface area contributed by atoms with Crippen molar-refractivity contribution < 1.29 is 9.47 Å². The van der Waals surface area contributed by atoms with Crippen molar-refractivity contribution in [3.05, 3.63) is 21.8 Å². The van der Waals surface area contributed by atoms with Gasteiger partial charge in [0.2, 0.25) is 0 Å². The molecule has 0 fully saturated rings. The maximum Gasteiger partial charge on any atom is 0.150 e. The fourth-order valence-electron chi connectivity index (χ4n) is 3.09. The predicted molar refractivity (Wildman–Crippen MR) is 74.1 cm³/mol. The maximum atomic E-state index is 5.56. The van der Waals surface area contributed by atoms with E-state index in [2.05, 4.69) is 26.2 Å². The molecule has 2 heterocycles. The fourth-order valence-corrected chi connectivity index (χ4v) is 3.56. The Bertz CT molecular complexity index is 790. The molecular formula is C13H12BrN3O2. The highest BCUT2D eigenvalue weighted by Crippen LogP contribution is 2.37. The van der Waals surface area contributed by atoms with E-state index in [4.69, 9.17) is 9.47 Å². The number of benzene rings is 1. The fraction of sp³-hybridized carbons (Fsp3) is 0.385. The molecule has 3 aromatic rings. The van der Waals surface area contributed by atoms with E-state index in [0.717, 1.165) is 39.3 Å². The third-order valence-corrected chi connectivity index (χ3v) is 4.46. The zero-order chi connectivity index (χ0) is 13.0. The Morgan fingerprint density at radius 3 is 2.89 bits per heavy atom. The Morgan fingerprint density at radius 1 is 1.26 bits per heavy atom. The van der Waals surface area contributed by atoms with Gasteiger partial charge in [-0.15, -0.1) is 0 Å².